The number of rotatable bonds is 7. The zero-order valence-corrected chi connectivity index (χ0v) is 21.9. The number of ether oxygens (including phenoxy) is 2. The lowest BCUT2D eigenvalue weighted by Crippen LogP contribution is -2.44. The van der Waals surface area contributed by atoms with Gasteiger partial charge in [0.2, 0.25) is 0 Å². The lowest BCUT2D eigenvalue weighted by atomic mass is 10.1. The van der Waals surface area contributed by atoms with Crippen molar-refractivity contribution in [3.8, 4) is 11.5 Å². The standard InChI is InChI=1S/C27H24Cl2N2O4S/c1-2-34-25(32)10-7-17-15-20(29)24(16-19(17)28)35-23-11-14-36-26(23)27(33)31-13-12-30(18-8-9-18)21-5-3-4-6-22(21)31/h3-7,10-11,14-16,18H,2,8-9,12-13H2,1H3/b10-7+. The molecule has 1 saturated carbocycles. The zero-order chi connectivity index (χ0) is 25.2. The number of hydrogen-bond donors (Lipinski definition) is 0. The van der Waals surface area contributed by atoms with E-state index in [9.17, 15) is 9.59 Å². The maximum absolute atomic E-state index is 13.7. The van der Waals surface area contributed by atoms with Crippen LogP contribution in [0, 0.1) is 0 Å². The fraction of sp³-hybridized carbons (Fsp3) is 0.259. The first-order chi connectivity index (χ1) is 17.5. The van der Waals surface area contributed by atoms with Gasteiger partial charge in [-0.15, -0.1) is 11.3 Å². The number of anilines is 2. The van der Waals surface area contributed by atoms with Crippen LogP contribution in [0.4, 0.5) is 11.4 Å². The van der Waals surface area contributed by atoms with Gasteiger partial charge in [0, 0.05) is 31.3 Å². The Balaban J connectivity index is 1.37. The molecule has 9 heteroatoms. The minimum Gasteiger partial charge on any atom is -0.463 e. The van der Waals surface area contributed by atoms with Gasteiger partial charge < -0.3 is 19.3 Å². The summed E-state index contributed by atoms with van der Waals surface area (Å²) >= 11 is 14.2. The van der Waals surface area contributed by atoms with Crippen molar-refractivity contribution in [3.63, 3.8) is 0 Å². The molecule has 6 nitrogen and oxygen atoms in total. The Kier molecular flexibility index (Phi) is 7.23. The summed E-state index contributed by atoms with van der Waals surface area (Å²) in [5, 5.41) is 2.47. The van der Waals surface area contributed by atoms with Crippen LogP contribution in [-0.2, 0) is 9.53 Å². The van der Waals surface area contributed by atoms with Crippen LogP contribution < -0.4 is 14.5 Å². The summed E-state index contributed by atoms with van der Waals surface area (Å²) in [5.74, 6) is 0.159. The highest BCUT2D eigenvalue weighted by Crippen LogP contribution is 2.42. The minimum atomic E-state index is -0.467. The molecule has 0 atom stereocenters. The molecule has 2 heterocycles. The summed E-state index contributed by atoms with van der Waals surface area (Å²) in [6, 6.07) is 13.6. The highest BCUT2D eigenvalue weighted by molar-refractivity contribution is 7.12. The molecule has 0 saturated heterocycles. The molecule has 1 aliphatic carbocycles. The summed E-state index contributed by atoms with van der Waals surface area (Å²) in [7, 11) is 0. The van der Waals surface area contributed by atoms with E-state index in [1.165, 1.54) is 36.3 Å². The smallest absolute Gasteiger partial charge is 0.330 e. The van der Waals surface area contributed by atoms with Crippen LogP contribution in [0.2, 0.25) is 10.0 Å². The largest absolute Gasteiger partial charge is 0.463 e. The molecule has 0 spiro atoms. The third-order valence-corrected chi connectivity index (χ3v) is 7.57. The normalized spacial score (nSPS) is 15.2. The number of amides is 1. The van der Waals surface area contributed by atoms with E-state index in [1.54, 1.807) is 25.1 Å². The SMILES string of the molecule is CCOC(=O)/C=C/c1cc(Cl)c(Oc2ccsc2C(=O)N2CCN(C3CC3)c3ccccc32)cc1Cl. The predicted octanol–water partition coefficient (Wildman–Crippen LogP) is 7.05. The van der Waals surface area contributed by atoms with Crippen molar-refractivity contribution in [2.45, 2.75) is 25.8 Å². The van der Waals surface area contributed by atoms with E-state index in [2.05, 4.69) is 11.0 Å². The van der Waals surface area contributed by atoms with Gasteiger partial charge in [0.05, 0.1) is 28.0 Å². The quantitative estimate of drug-likeness (QED) is 0.236. The predicted molar refractivity (Wildman–Crippen MR) is 145 cm³/mol. The lowest BCUT2D eigenvalue weighted by Gasteiger charge is -2.37. The maximum atomic E-state index is 13.7. The van der Waals surface area contributed by atoms with Gasteiger partial charge in [-0.25, -0.2) is 4.79 Å². The summed E-state index contributed by atoms with van der Waals surface area (Å²) < 4.78 is 11.0. The number of benzene rings is 2. The highest BCUT2D eigenvalue weighted by atomic mass is 35.5. The molecule has 5 rings (SSSR count). The molecule has 36 heavy (non-hydrogen) atoms. The van der Waals surface area contributed by atoms with Crippen LogP contribution in [-0.4, -0.2) is 37.6 Å². The van der Waals surface area contributed by atoms with E-state index >= 15 is 0 Å². The fourth-order valence-corrected chi connectivity index (χ4v) is 5.43. The van der Waals surface area contributed by atoms with Crippen LogP contribution in [0.15, 0.2) is 53.9 Å². The maximum Gasteiger partial charge on any atom is 0.330 e. The number of thiophene rings is 1. The average Bonchev–Trinajstić information content (AvgIpc) is 3.62. The molecule has 1 aliphatic heterocycles. The third-order valence-electron chi connectivity index (χ3n) is 6.06. The molecule has 2 aliphatic rings. The first-order valence-electron chi connectivity index (χ1n) is 11.7. The lowest BCUT2D eigenvalue weighted by molar-refractivity contribution is -0.137. The number of para-hydroxylation sites is 2. The highest BCUT2D eigenvalue weighted by Gasteiger charge is 2.36. The molecule has 186 valence electrons. The van der Waals surface area contributed by atoms with Crippen LogP contribution in [0.25, 0.3) is 6.08 Å². The molecule has 0 unspecified atom stereocenters. The molecule has 2 aromatic carbocycles. The summed E-state index contributed by atoms with van der Waals surface area (Å²) in [6.45, 7) is 3.43. The van der Waals surface area contributed by atoms with E-state index in [4.69, 9.17) is 32.7 Å². The minimum absolute atomic E-state index is 0.112. The molecule has 1 amide bonds. The second-order valence-corrected chi connectivity index (χ2v) is 10.2. The van der Waals surface area contributed by atoms with Crippen molar-refractivity contribution in [2.75, 3.05) is 29.5 Å². The van der Waals surface area contributed by atoms with Gasteiger partial charge in [-0.05, 0) is 61.1 Å². The molecule has 0 radical (unpaired) electrons. The van der Waals surface area contributed by atoms with Gasteiger partial charge in [0.25, 0.3) is 5.91 Å². The van der Waals surface area contributed by atoms with E-state index in [-0.39, 0.29) is 12.5 Å². The van der Waals surface area contributed by atoms with Crippen LogP contribution >= 0.6 is 34.5 Å². The first kappa shape index (κ1) is 24.7. The van der Waals surface area contributed by atoms with Crippen LogP contribution in [0.5, 0.6) is 11.5 Å². The van der Waals surface area contributed by atoms with E-state index in [0.29, 0.717) is 44.6 Å². The second-order valence-electron chi connectivity index (χ2n) is 8.48. The third kappa shape index (κ3) is 5.09. The van der Waals surface area contributed by atoms with Crippen molar-refractivity contribution in [1.82, 2.24) is 0 Å². The second kappa shape index (κ2) is 10.5. The van der Waals surface area contributed by atoms with Crippen molar-refractivity contribution < 1.29 is 19.1 Å². The summed E-state index contributed by atoms with van der Waals surface area (Å²) in [4.78, 5) is 30.0. The number of fused-ring (bicyclic) bond motifs is 1. The Labute approximate surface area is 223 Å². The van der Waals surface area contributed by atoms with Gasteiger partial charge >= 0.3 is 5.97 Å². The summed E-state index contributed by atoms with van der Waals surface area (Å²) in [6.07, 6.45) is 5.23. The molecular formula is C27H24Cl2N2O4S. The number of nitrogens with zero attached hydrogens (tertiary/aromatic N) is 2. The van der Waals surface area contributed by atoms with E-state index in [0.717, 1.165) is 17.9 Å². The average molecular weight is 543 g/mol. The Morgan fingerprint density at radius 3 is 2.58 bits per heavy atom. The van der Waals surface area contributed by atoms with Crippen LogP contribution in [0.1, 0.15) is 35.0 Å². The van der Waals surface area contributed by atoms with E-state index < -0.39 is 5.97 Å². The molecule has 3 aromatic rings. The Hall–Kier alpha value is -3.00. The molecular weight excluding hydrogens is 519 g/mol. The first-order valence-corrected chi connectivity index (χ1v) is 13.4. The monoisotopic (exact) mass is 542 g/mol. The number of hydrogen-bond acceptors (Lipinski definition) is 6. The zero-order valence-electron chi connectivity index (χ0n) is 19.6. The van der Waals surface area contributed by atoms with Gasteiger partial charge in [-0.3, -0.25) is 4.79 Å². The van der Waals surface area contributed by atoms with Crippen molar-refractivity contribution in [2.24, 2.45) is 0 Å². The van der Waals surface area contributed by atoms with Gasteiger partial charge in [0.1, 0.15) is 10.6 Å². The van der Waals surface area contributed by atoms with Gasteiger partial charge in [0.15, 0.2) is 5.75 Å². The molecule has 1 fully saturated rings. The Morgan fingerprint density at radius 2 is 1.83 bits per heavy atom. The van der Waals surface area contributed by atoms with Gasteiger partial charge in [-0.2, -0.15) is 0 Å². The van der Waals surface area contributed by atoms with E-state index in [1.807, 2.05) is 28.5 Å². The molecule has 0 bridgehead atoms. The van der Waals surface area contributed by atoms with Crippen molar-refractivity contribution >= 4 is 63.9 Å². The van der Waals surface area contributed by atoms with Crippen molar-refractivity contribution in [1.29, 1.82) is 0 Å². The molecule has 0 N–H and O–H groups in total. The molecule has 1 aromatic heterocycles. The summed E-state index contributed by atoms with van der Waals surface area (Å²) in [5.41, 5.74) is 2.56. The Bertz CT molecular complexity index is 1340. The van der Waals surface area contributed by atoms with Crippen molar-refractivity contribution in [3.05, 3.63) is 74.4 Å². The van der Waals surface area contributed by atoms with Gasteiger partial charge in [-0.1, -0.05) is 35.3 Å². The number of halogens is 2. The van der Waals surface area contributed by atoms with Crippen LogP contribution in [0.3, 0.4) is 0 Å². The Morgan fingerprint density at radius 1 is 1.06 bits per heavy atom. The fourth-order valence-electron chi connectivity index (χ4n) is 4.23. The number of esters is 1. The number of carbonyl (C=O) groups is 2. The topological polar surface area (TPSA) is 59.1 Å². The number of carbonyl (C=O) groups excluding carboxylic acids is 2.